The van der Waals surface area contributed by atoms with Crippen LogP contribution < -0.4 is 0 Å². The normalized spacial score (nSPS) is 12.1. The monoisotopic (exact) mass is 1680 g/mol. The lowest BCUT2D eigenvalue weighted by Crippen LogP contribution is -2.06. The lowest BCUT2D eigenvalue weighted by Gasteiger charge is -2.11. The van der Waals surface area contributed by atoms with Gasteiger partial charge in [-0.25, -0.2) is 4.98 Å². The molecule has 0 aliphatic rings. The van der Waals surface area contributed by atoms with Crippen molar-refractivity contribution in [3.05, 3.63) is 406 Å². The van der Waals surface area contributed by atoms with Crippen LogP contribution in [0.3, 0.4) is 0 Å². The van der Waals surface area contributed by atoms with Gasteiger partial charge in [0.2, 0.25) is 5.95 Å². The molecule has 0 spiro atoms. The molecule has 588 valence electrons. The summed E-state index contributed by atoms with van der Waals surface area (Å²) >= 11 is 7.41. The summed E-state index contributed by atoms with van der Waals surface area (Å²) in [5.74, 6) is 1.89. The van der Waals surface area contributed by atoms with Crippen LogP contribution in [-0.4, -0.2) is 42.4 Å². The fourth-order valence-electron chi connectivity index (χ4n) is 20.0. The van der Waals surface area contributed by atoms with Gasteiger partial charge >= 0.3 is 0 Å². The van der Waals surface area contributed by atoms with Gasteiger partial charge in [0, 0.05) is 145 Å². The Hall–Kier alpha value is -15.6. The molecule has 28 aromatic rings. The highest BCUT2D eigenvalue weighted by atomic mass is 32.1. The number of hydrogen-bond donors (Lipinski definition) is 0. The summed E-state index contributed by atoms with van der Waals surface area (Å²) in [5.41, 5.74) is 22.0. The van der Waals surface area contributed by atoms with Crippen LogP contribution in [0, 0.1) is 0 Å². The minimum atomic E-state index is 0.604. The van der Waals surface area contributed by atoms with Crippen molar-refractivity contribution in [2.75, 3.05) is 0 Å². The maximum atomic E-state index is 5.18. The van der Waals surface area contributed by atoms with Crippen molar-refractivity contribution in [3.63, 3.8) is 0 Å². The van der Waals surface area contributed by atoms with Gasteiger partial charge in [0.15, 0.2) is 11.6 Å². The summed E-state index contributed by atoms with van der Waals surface area (Å²) in [7, 11) is 0. The molecular weight excluding hydrogens is 1610 g/mol. The largest absolute Gasteiger partial charge is 0.309 e. The molecule has 28 rings (SSSR count). The third-order valence-electron chi connectivity index (χ3n) is 25.6. The number of benzene rings is 17. The van der Waals surface area contributed by atoms with Gasteiger partial charge in [0.05, 0.1) is 44.1 Å². The van der Waals surface area contributed by atoms with Gasteiger partial charge in [0.25, 0.3) is 0 Å². The molecule has 17 aromatic carbocycles. The Labute approximate surface area is 736 Å². The average Bonchev–Trinajstić information content (AvgIpc) is 1.56. The molecule has 0 aliphatic carbocycles. The van der Waals surface area contributed by atoms with E-state index in [2.05, 4.69) is 397 Å². The highest BCUT2D eigenvalue weighted by Crippen LogP contribution is 2.51. The quantitative estimate of drug-likeness (QED) is 0.137. The molecule has 0 atom stereocenters. The van der Waals surface area contributed by atoms with E-state index in [9.17, 15) is 0 Å². The van der Waals surface area contributed by atoms with E-state index in [1.54, 1.807) is 11.3 Å². The lowest BCUT2D eigenvalue weighted by atomic mass is 10.00. The number of fused-ring (bicyclic) bond motifs is 26. The Bertz CT molecular complexity index is 8990. The van der Waals surface area contributed by atoms with Crippen molar-refractivity contribution in [3.8, 4) is 79.4 Å². The van der Waals surface area contributed by atoms with Crippen molar-refractivity contribution in [2.45, 2.75) is 0 Å². The third-order valence-corrected chi connectivity index (χ3v) is 30.2. The Morgan fingerprint density at radius 1 is 0.159 bits per heavy atom. The van der Waals surface area contributed by atoms with Gasteiger partial charge in [-0.15, -0.1) is 45.3 Å². The first-order valence-electron chi connectivity index (χ1n) is 42.4. The second-order valence-corrected chi connectivity index (χ2v) is 36.6. The minimum Gasteiger partial charge on any atom is -0.309 e. The first kappa shape index (κ1) is 71.0. The maximum absolute atomic E-state index is 5.18. The van der Waals surface area contributed by atoms with E-state index in [0.717, 1.165) is 21.5 Å². The standard InChI is InChI=1S/C64H38N4S2.C49H29N5S2/c1-3-15-41(16-4-1)65-53-23-11-7-19-45(53)49-37-43(29-33-55(49)65)67-57-31-27-39(35-51(57)61-47-21-9-13-25-59(47)69-63(61)67)40-28-32-58-52(36-40)62-48-22-10-14-26-60(48)70-64(62)68(58)44-30-34-56-50(38-44)46-20-8-12-24-54(46)66(56)42-17-5-2-6-18-42;1-4-14-30(15-5-1)45-50-46(31-16-6-2-7-17-31)52-49(51-45)54-40-27-25-33(29-38(40)44-36-21-11-13-23-42(36)56-48(44)54)32-24-26-39-37(28-32)43-35-20-10-12-22-41(35)55-47(43)53(39)34-18-8-3-9-19-34/h1-38H;1-29H. The van der Waals surface area contributed by atoms with Crippen LogP contribution in [0.5, 0.6) is 0 Å². The third kappa shape index (κ3) is 10.8. The van der Waals surface area contributed by atoms with Crippen molar-refractivity contribution >= 4 is 214 Å². The minimum absolute atomic E-state index is 0.604. The molecule has 0 N–H and O–H groups in total. The van der Waals surface area contributed by atoms with Crippen molar-refractivity contribution in [1.82, 2.24) is 42.4 Å². The van der Waals surface area contributed by atoms with Crippen LogP contribution >= 0.6 is 45.3 Å². The molecule has 0 amide bonds. The molecule has 0 saturated heterocycles. The van der Waals surface area contributed by atoms with E-state index >= 15 is 0 Å². The fraction of sp³-hybridized carbons (Fsp3) is 0. The predicted molar refractivity (Wildman–Crippen MR) is 536 cm³/mol. The highest BCUT2D eigenvalue weighted by molar-refractivity contribution is 7.27. The van der Waals surface area contributed by atoms with Crippen LogP contribution in [0.15, 0.2) is 406 Å². The maximum Gasteiger partial charge on any atom is 0.239 e. The van der Waals surface area contributed by atoms with E-state index in [4.69, 9.17) is 15.0 Å². The number of thiophene rings is 4. The molecular formula is C113H67N9S4. The van der Waals surface area contributed by atoms with Gasteiger partial charge in [-0.1, -0.05) is 249 Å². The lowest BCUT2D eigenvalue weighted by molar-refractivity contribution is 0.957. The number of para-hydroxylation sites is 5. The molecule has 9 nitrogen and oxygen atoms in total. The SMILES string of the molecule is c1ccc(-c2nc(-c3ccccc3)nc(-n3c4ccc(-c5ccc6c(c5)c5c7ccccc7sc5n6-c5ccccc5)cc4c4c5ccccc5sc43)n2)cc1.c1ccc(-n2c3ccccc3c3cc(-n4c5ccc(-c6ccc7c(c6)c6c8ccccc8sc6n7-c6ccc7c(c6)c6ccccc6n7-c6ccccc6)cc5c5c6ccccc6sc54)ccc32)cc1. The zero-order valence-electron chi connectivity index (χ0n) is 67.3. The second kappa shape index (κ2) is 28.0. The Balaban J connectivity index is 0.000000134. The van der Waals surface area contributed by atoms with E-state index in [0.29, 0.717) is 17.6 Å². The van der Waals surface area contributed by atoms with Gasteiger partial charge in [-0.3, -0.25) is 4.57 Å². The van der Waals surface area contributed by atoms with Crippen LogP contribution in [0.2, 0.25) is 0 Å². The summed E-state index contributed by atoms with van der Waals surface area (Å²) < 4.78 is 19.6. The van der Waals surface area contributed by atoms with Gasteiger partial charge in [0.1, 0.15) is 19.3 Å². The smallest absolute Gasteiger partial charge is 0.239 e. The zero-order chi connectivity index (χ0) is 82.3. The summed E-state index contributed by atoms with van der Waals surface area (Å²) in [6, 6.07) is 148. The number of rotatable bonds is 10. The van der Waals surface area contributed by atoms with Crippen LogP contribution in [0.4, 0.5) is 0 Å². The first-order valence-corrected chi connectivity index (χ1v) is 45.7. The van der Waals surface area contributed by atoms with Gasteiger partial charge in [-0.05, 0) is 180 Å². The Morgan fingerprint density at radius 3 is 0.762 bits per heavy atom. The molecule has 126 heavy (non-hydrogen) atoms. The number of nitrogens with zero attached hydrogens (tertiary/aromatic N) is 9. The molecule has 0 unspecified atom stereocenters. The Kier molecular flexibility index (Phi) is 15.8. The average molecular weight is 1680 g/mol. The topological polar surface area (TPSA) is 68.2 Å². The predicted octanol–water partition coefficient (Wildman–Crippen LogP) is 31.7. The van der Waals surface area contributed by atoms with Gasteiger partial charge < -0.3 is 22.8 Å². The fourth-order valence-corrected chi connectivity index (χ4v) is 25.0. The van der Waals surface area contributed by atoms with Crippen LogP contribution in [0.25, 0.3) is 248 Å². The Morgan fingerprint density at radius 2 is 0.413 bits per heavy atom. The van der Waals surface area contributed by atoms with Crippen LogP contribution in [-0.2, 0) is 0 Å². The molecule has 0 aliphatic heterocycles. The molecule has 11 aromatic heterocycles. The second-order valence-electron chi connectivity index (χ2n) is 32.5. The summed E-state index contributed by atoms with van der Waals surface area (Å²) in [4.78, 5) is 20.3. The molecule has 0 fully saturated rings. The van der Waals surface area contributed by atoms with Gasteiger partial charge in [-0.2, -0.15) is 9.97 Å². The highest BCUT2D eigenvalue weighted by Gasteiger charge is 2.28. The van der Waals surface area contributed by atoms with E-state index in [1.165, 1.54) is 209 Å². The first-order chi connectivity index (χ1) is 62.5. The summed E-state index contributed by atoms with van der Waals surface area (Å²) in [6.07, 6.45) is 0. The summed E-state index contributed by atoms with van der Waals surface area (Å²) in [5, 5.41) is 20.2. The zero-order valence-corrected chi connectivity index (χ0v) is 70.6. The molecule has 11 heterocycles. The van der Waals surface area contributed by atoms with Crippen LogP contribution in [0.1, 0.15) is 0 Å². The van der Waals surface area contributed by atoms with E-state index in [-0.39, 0.29) is 0 Å². The molecule has 0 saturated carbocycles. The molecule has 0 radical (unpaired) electrons. The number of aromatic nitrogens is 9. The van der Waals surface area contributed by atoms with Crippen molar-refractivity contribution in [1.29, 1.82) is 0 Å². The van der Waals surface area contributed by atoms with Crippen molar-refractivity contribution in [2.24, 2.45) is 0 Å². The number of hydrogen-bond acceptors (Lipinski definition) is 7. The summed E-state index contributed by atoms with van der Waals surface area (Å²) in [6.45, 7) is 0. The van der Waals surface area contributed by atoms with E-state index in [1.807, 2.05) is 70.4 Å². The van der Waals surface area contributed by atoms with Crippen molar-refractivity contribution < 1.29 is 0 Å². The van der Waals surface area contributed by atoms with E-state index < -0.39 is 0 Å². The molecule has 13 heteroatoms. The molecule has 0 bridgehead atoms.